The summed E-state index contributed by atoms with van der Waals surface area (Å²) in [6, 6.07) is 16.5. The highest BCUT2D eigenvalue weighted by Gasteiger charge is 2.46. The van der Waals surface area contributed by atoms with Crippen LogP contribution in [0.15, 0.2) is 65.1 Å². The second-order valence-corrected chi connectivity index (χ2v) is 7.29. The number of nitrogens with zero attached hydrogens (tertiary/aromatic N) is 1. The van der Waals surface area contributed by atoms with Crippen LogP contribution in [0.1, 0.15) is 39.3 Å². The monoisotopic (exact) mass is 404 g/mol. The van der Waals surface area contributed by atoms with E-state index in [1.807, 2.05) is 30.3 Å². The molecule has 7 nitrogen and oxygen atoms in total. The number of nitrogens with one attached hydrogen (secondary N) is 3. The number of amides is 2. The number of hydrogen-bond acceptors (Lipinski definition) is 4. The van der Waals surface area contributed by atoms with Crippen LogP contribution in [0.25, 0.3) is 11.1 Å². The maximum Gasteiger partial charge on any atom is 0.287 e. The maximum absolute atomic E-state index is 13.0. The lowest BCUT2D eigenvalue weighted by Gasteiger charge is -2.16. The minimum absolute atomic E-state index is 0.123. The first kappa shape index (κ1) is 18.1. The second kappa shape index (κ2) is 6.84. The number of rotatable bonds is 5. The van der Waals surface area contributed by atoms with Crippen molar-refractivity contribution in [3.8, 4) is 0 Å². The van der Waals surface area contributed by atoms with E-state index in [1.54, 1.807) is 6.07 Å². The molecule has 8 heteroatoms. The second-order valence-electron chi connectivity index (χ2n) is 7.29. The third-order valence-electron chi connectivity index (χ3n) is 5.23. The molecule has 1 saturated carbocycles. The zero-order chi connectivity index (χ0) is 20.7. The maximum atomic E-state index is 13.0. The molecule has 0 radical (unpaired) electrons. The number of anilines is 1. The van der Waals surface area contributed by atoms with Crippen LogP contribution in [-0.2, 0) is 5.54 Å². The lowest BCUT2D eigenvalue weighted by Crippen LogP contribution is -2.34. The molecule has 1 aliphatic carbocycles. The fourth-order valence-corrected chi connectivity index (χ4v) is 3.44. The molecule has 0 aliphatic heterocycles. The zero-order valence-corrected chi connectivity index (χ0v) is 15.7. The number of H-pyrrole nitrogens is 1. The van der Waals surface area contributed by atoms with E-state index in [0.29, 0.717) is 5.52 Å². The Balaban J connectivity index is 1.35. The first-order valence-corrected chi connectivity index (χ1v) is 9.47. The Morgan fingerprint density at radius 1 is 1.03 bits per heavy atom. The Kier molecular flexibility index (Phi) is 4.13. The average molecular weight is 404 g/mol. The summed E-state index contributed by atoms with van der Waals surface area (Å²) in [7, 11) is 0. The highest BCUT2D eigenvalue weighted by Crippen LogP contribution is 2.45. The summed E-state index contributed by atoms with van der Waals surface area (Å²) >= 11 is 0. The van der Waals surface area contributed by atoms with Gasteiger partial charge in [0.25, 0.3) is 11.8 Å². The molecule has 2 aromatic heterocycles. The fourth-order valence-electron chi connectivity index (χ4n) is 3.44. The Morgan fingerprint density at radius 3 is 2.47 bits per heavy atom. The van der Waals surface area contributed by atoms with Crippen molar-refractivity contribution >= 4 is 28.7 Å². The van der Waals surface area contributed by atoms with Crippen LogP contribution >= 0.6 is 0 Å². The zero-order valence-electron chi connectivity index (χ0n) is 15.7. The van der Waals surface area contributed by atoms with Gasteiger partial charge in [0.05, 0.1) is 5.54 Å². The summed E-state index contributed by atoms with van der Waals surface area (Å²) in [5, 5.41) is 12.4. The van der Waals surface area contributed by atoms with Gasteiger partial charge in [0.2, 0.25) is 0 Å². The van der Waals surface area contributed by atoms with Crippen LogP contribution in [0.4, 0.5) is 10.2 Å². The third kappa shape index (κ3) is 3.22. The van der Waals surface area contributed by atoms with E-state index in [0.717, 1.165) is 18.4 Å². The summed E-state index contributed by atoms with van der Waals surface area (Å²) in [5.74, 6) is -0.955. The predicted molar refractivity (Wildman–Crippen MR) is 108 cm³/mol. The highest BCUT2D eigenvalue weighted by molar-refractivity contribution is 6.07. The summed E-state index contributed by atoms with van der Waals surface area (Å²) in [5.41, 5.74) is 1.72. The number of halogens is 1. The molecule has 1 aliphatic rings. The number of furan rings is 1. The molecule has 2 aromatic carbocycles. The van der Waals surface area contributed by atoms with Crippen LogP contribution < -0.4 is 10.6 Å². The summed E-state index contributed by atoms with van der Waals surface area (Å²) in [4.78, 5) is 25.1. The largest absolute Gasteiger partial charge is 0.445 e. The van der Waals surface area contributed by atoms with Crippen LogP contribution in [0.2, 0.25) is 0 Å². The van der Waals surface area contributed by atoms with E-state index in [1.165, 1.54) is 24.3 Å². The number of carbonyl (C=O) groups is 2. The van der Waals surface area contributed by atoms with E-state index in [4.69, 9.17) is 4.42 Å². The van der Waals surface area contributed by atoms with Crippen molar-refractivity contribution in [2.75, 3.05) is 5.32 Å². The molecule has 0 unspecified atom stereocenters. The van der Waals surface area contributed by atoms with Crippen LogP contribution in [-0.4, -0.2) is 22.0 Å². The fraction of sp³-hybridized carbons (Fsp3) is 0.136. The molecule has 1 fully saturated rings. The Labute approximate surface area is 170 Å². The minimum atomic E-state index is -0.466. The molecule has 5 rings (SSSR count). The number of aromatic nitrogens is 2. The minimum Gasteiger partial charge on any atom is -0.445 e. The van der Waals surface area contributed by atoms with Gasteiger partial charge in [-0.15, -0.1) is 0 Å². The smallest absolute Gasteiger partial charge is 0.287 e. The molecule has 4 aromatic rings. The normalized spacial score (nSPS) is 14.4. The van der Waals surface area contributed by atoms with Gasteiger partial charge < -0.3 is 15.1 Å². The molecule has 150 valence electrons. The van der Waals surface area contributed by atoms with Gasteiger partial charge >= 0.3 is 0 Å². The van der Waals surface area contributed by atoms with Gasteiger partial charge in [-0.3, -0.25) is 14.7 Å². The van der Waals surface area contributed by atoms with E-state index in [2.05, 4.69) is 20.8 Å². The first-order valence-electron chi connectivity index (χ1n) is 9.47. The lowest BCUT2D eigenvalue weighted by atomic mass is 10.1. The third-order valence-corrected chi connectivity index (χ3v) is 5.23. The Hall–Kier alpha value is -3.94. The summed E-state index contributed by atoms with van der Waals surface area (Å²) in [6.07, 6.45) is 1.73. The number of hydrogen-bond donors (Lipinski definition) is 3. The van der Waals surface area contributed by atoms with E-state index < -0.39 is 11.7 Å². The predicted octanol–water partition coefficient (Wildman–Crippen LogP) is 3.97. The quantitative estimate of drug-likeness (QED) is 0.469. The standard InChI is InChI=1S/C22H17FN4O3/c23-15-8-6-13(7-9-15)20(28)24-19-18-16(26-27-19)12-17(30-18)21(29)25-22(10-11-22)14-4-2-1-3-5-14/h1-9,12H,10-11H2,(H,25,29)(H2,24,26,27,28). The van der Waals surface area contributed by atoms with Crippen LogP contribution in [0, 0.1) is 5.82 Å². The van der Waals surface area contributed by atoms with Crippen molar-refractivity contribution in [3.63, 3.8) is 0 Å². The van der Waals surface area contributed by atoms with E-state index in [-0.39, 0.29) is 34.2 Å². The average Bonchev–Trinajstić information content (AvgIpc) is 3.26. The number of carbonyl (C=O) groups excluding carboxylic acids is 2. The SMILES string of the molecule is O=C(Nc1n[nH]c2cc(C(=O)NC3(c4ccccc4)CC3)oc12)c1ccc(F)cc1. The van der Waals surface area contributed by atoms with Gasteiger partial charge in [-0.25, -0.2) is 4.39 Å². The molecule has 30 heavy (non-hydrogen) atoms. The molecular weight excluding hydrogens is 387 g/mol. The first-order chi connectivity index (χ1) is 14.5. The van der Waals surface area contributed by atoms with Crippen LogP contribution in [0.3, 0.4) is 0 Å². The van der Waals surface area contributed by atoms with Gasteiger partial charge in [0, 0.05) is 11.6 Å². The summed E-state index contributed by atoms with van der Waals surface area (Å²) < 4.78 is 18.7. The van der Waals surface area contributed by atoms with E-state index in [9.17, 15) is 14.0 Å². The number of benzene rings is 2. The van der Waals surface area contributed by atoms with Crippen molar-refractivity contribution in [1.82, 2.24) is 15.5 Å². The van der Waals surface area contributed by atoms with Gasteiger partial charge in [0.1, 0.15) is 11.3 Å². The van der Waals surface area contributed by atoms with Gasteiger partial charge in [-0.05, 0) is 42.7 Å². The Bertz CT molecular complexity index is 1240. The molecule has 2 amide bonds. The van der Waals surface area contributed by atoms with Gasteiger partial charge in [-0.2, -0.15) is 5.10 Å². The topological polar surface area (TPSA) is 100 Å². The van der Waals surface area contributed by atoms with E-state index >= 15 is 0 Å². The molecule has 0 atom stereocenters. The molecule has 0 saturated heterocycles. The van der Waals surface area contributed by atoms with Crippen molar-refractivity contribution in [2.45, 2.75) is 18.4 Å². The van der Waals surface area contributed by atoms with Crippen molar-refractivity contribution < 1.29 is 18.4 Å². The molecule has 2 heterocycles. The number of fused-ring (bicyclic) bond motifs is 1. The molecule has 0 spiro atoms. The van der Waals surface area contributed by atoms with Crippen molar-refractivity contribution in [3.05, 3.63) is 83.4 Å². The molecular formula is C22H17FN4O3. The highest BCUT2D eigenvalue weighted by atomic mass is 19.1. The van der Waals surface area contributed by atoms with Crippen molar-refractivity contribution in [2.24, 2.45) is 0 Å². The molecule has 3 N–H and O–H groups in total. The van der Waals surface area contributed by atoms with Gasteiger partial charge in [0.15, 0.2) is 17.2 Å². The summed E-state index contributed by atoms with van der Waals surface area (Å²) in [6.45, 7) is 0. The lowest BCUT2D eigenvalue weighted by molar-refractivity contribution is 0.0904. The Morgan fingerprint density at radius 2 is 1.77 bits per heavy atom. The van der Waals surface area contributed by atoms with Crippen LogP contribution in [0.5, 0.6) is 0 Å². The molecule has 0 bridgehead atoms. The van der Waals surface area contributed by atoms with Crippen molar-refractivity contribution in [1.29, 1.82) is 0 Å². The number of aromatic amines is 1. The van der Waals surface area contributed by atoms with Gasteiger partial charge in [-0.1, -0.05) is 30.3 Å².